The molecular formula is C21H25N5. The second-order valence-electron chi connectivity index (χ2n) is 6.88. The molecule has 1 fully saturated rings. The summed E-state index contributed by atoms with van der Waals surface area (Å²) in [6, 6.07) is 16.9. The molecule has 2 aromatic carbocycles. The van der Waals surface area contributed by atoms with Crippen LogP contribution in [0.4, 0.5) is 0 Å². The molecule has 0 bridgehead atoms. The molecule has 0 amide bonds. The molecule has 134 valence electrons. The third kappa shape index (κ3) is 3.62. The largest absolute Gasteiger partial charge is 0.344 e. The highest BCUT2D eigenvalue weighted by Crippen LogP contribution is 2.24. The SMILES string of the molecule is C[C@@H]1CCCN1CCc1nc2ccc(-c3ccc(C#N)cc3)cc2[nH]1.N. The van der Waals surface area contributed by atoms with Crippen LogP contribution in [0.25, 0.3) is 22.2 Å². The Morgan fingerprint density at radius 3 is 2.65 bits per heavy atom. The summed E-state index contributed by atoms with van der Waals surface area (Å²) in [5.74, 6) is 1.06. The van der Waals surface area contributed by atoms with Crippen LogP contribution in [0.3, 0.4) is 0 Å². The van der Waals surface area contributed by atoms with E-state index in [-0.39, 0.29) is 6.15 Å². The molecule has 2 heterocycles. The van der Waals surface area contributed by atoms with Crippen LogP contribution in [-0.4, -0.2) is 34.0 Å². The quantitative estimate of drug-likeness (QED) is 0.736. The smallest absolute Gasteiger partial charge is 0.108 e. The molecular weight excluding hydrogens is 322 g/mol. The van der Waals surface area contributed by atoms with Crippen LogP contribution in [0.2, 0.25) is 0 Å². The van der Waals surface area contributed by atoms with E-state index in [4.69, 9.17) is 10.2 Å². The molecule has 1 aliphatic rings. The lowest BCUT2D eigenvalue weighted by molar-refractivity contribution is 0.271. The molecule has 4 N–H and O–H groups in total. The standard InChI is InChI=1S/C21H22N4.H3N/c1-15-3-2-11-25(15)12-10-21-23-19-9-8-18(13-20(19)24-21)17-6-4-16(14-22)5-7-17;/h4-9,13,15H,2-3,10-12H2,1H3,(H,23,24);1H3/t15-;/m1./s1. The Labute approximate surface area is 154 Å². The summed E-state index contributed by atoms with van der Waals surface area (Å²) in [5.41, 5.74) is 5.03. The first-order chi connectivity index (χ1) is 12.2. The highest BCUT2D eigenvalue weighted by molar-refractivity contribution is 5.82. The maximum Gasteiger partial charge on any atom is 0.108 e. The van der Waals surface area contributed by atoms with E-state index in [1.165, 1.54) is 19.4 Å². The highest BCUT2D eigenvalue weighted by atomic mass is 15.2. The Morgan fingerprint density at radius 1 is 1.19 bits per heavy atom. The van der Waals surface area contributed by atoms with Crippen molar-refractivity contribution in [2.75, 3.05) is 13.1 Å². The van der Waals surface area contributed by atoms with Gasteiger partial charge in [-0.25, -0.2) is 4.98 Å². The van der Waals surface area contributed by atoms with Gasteiger partial charge in [-0.2, -0.15) is 5.26 Å². The maximum atomic E-state index is 8.92. The molecule has 1 aliphatic heterocycles. The van der Waals surface area contributed by atoms with Crippen molar-refractivity contribution in [3.05, 3.63) is 53.9 Å². The molecule has 0 radical (unpaired) electrons. The fourth-order valence-electron chi connectivity index (χ4n) is 3.67. The Balaban J connectivity index is 0.00000196. The van der Waals surface area contributed by atoms with Crippen LogP contribution < -0.4 is 6.15 Å². The van der Waals surface area contributed by atoms with Crippen molar-refractivity contribution in [3.8, 4) is 17.2 Å². The van der Waals surface area contributed by atoms with E-state index in [1.54, 1.807) is 0 Å². The van der Waals surface area contributed by atoms with E-state index in [2.05, 4.69) is 41.1 Å². The number of nitrogens with zero attached hydrogens (tertiary/aromatic N) is 3. The lowest BCUT2D eigenvalue weighted by atomic mass is 10.0. The zero-order chi connectivity index (χ0) is 17.2. The second kappa shape index (κ2) is 7.69. The summed E-state index contributed by atoms with van der Waals surface area (Å²) in [4.78, 5) is 10.8. The molecule has 0 saturated carbocycles. The molecule has 4 rings (SSSR count). The third-order valence-corrected chi connectivity index (χ3v) is 5.20. The summed E-state index contributed by atoms with van der Waals surface area (Å²) in [6.07, 6.45) is 3.59. The summed E-state index contributed by atoms with van der Waals surface area (Å²) in [5, 5.41) is 8.92. The van der Waals surface area contributed by atoms with Crippen molar-refractivity contribution >= 4 is 11.0 Å². The predicted octanol–water partition coefficient (Wildman–Crippen LogP) is 4.29. The van der Waals surface area contributed by atoms with Crippen molar-refractivity contribution < 1.29 is 0 Å². The van der Waals surface area contributed by atoms with Crippen LogP contribution >= 0.6 is 0 Å². The molecule has 0 aliphatic carbocycles. The first-order valence-corrected chi connectivity index (χ1v) is 8.96. The number of fused-ring (bicyclic) bond motifs is 1. The Morgan fingerprint density at radius 2 is 1.96 bits per heavy atom. The van der Waals surface area contributed by atoms with Gasteiger partial charge in [-0.05, 0) is 61.7 Å². The van der Waals surface area contributed by atoms with Gasteiger partial charge in [0.1, 0.15) is 5.82 Å². The maximum absolute atomic E-state index is 8.92. The number of aromatic nitrogens is 2. The molecule has 5 heteroatoms. The minimum absolute atomic E-state index is 0. The van der Waals surface area contributed by atoms with Gasteiger partial charge in [0.15, 0.2) is 0 Å². The first-order valence-electron chi connectivity index (χ1n) is 8.96. The minimum Gasteiger partial charge on any atom is -0.344 e. The fourth-order valence-corrected chi connectivity index (χ4v) is 3.67. The van der Waals surface area contributed by atoms with Crippen LogP contribution in [0.1, 0.15) is 31.2 Å². The zero-order valence-electron chi connectivity index (χ0n) is 15.2. The fraction of sp³-hybridized carbons (Fsp3) is 0.333. The summed E-state index contributed by atoms with van der Waals surface area (Å²) >= 11 is 0. The van der Waals surface area contributed by atoms with Crippen LogP contribution in [0.15, 0.2) is 42.5 Å². The zero-order valence-corrected chi connectivity index (χ0v) is 15.2. The van der Waals surface area contributed by atoms with Gasteiger partial charge in [0.05, 0.1) is 22.7 Å². The lowest BCUT2D eigenvalue weighted by Gasteiger charge is -2.19. The number of nitrogens with one attached hydrogen (secondary N) is 1. The first kappa shape index (κ1) is 18.1. The summed E-state index contributed by atoms with van der Waals surface area (Å²) in [7, 11) is 0. The molecule has 5 nitrogen and oxygen atoms in total. The minimum atomic E-state index is 0. The number of H-pyrrole nitrogens is 1. The molecule has 1 saturated heterocycles. The van der Waals surface area contributed by atoms with Gasteiger partial charge in [0.2, 0.25) is 0 Å². The number of aromatic amines is 1. The number of rotatable bonds is 4. The van der Waals surface area contributed by atoms with Crippen LogP contribution in [-0.2, 0) is 6.42 Å². The number of likely N-dealkylation sites (tertiary alicyclic amines) is 1. The number of hydrogen-bond donors (Lipinski definition) is 2. The van der Waals surface area contributed by atoms with Gasteiger partial charge < -0.3 is 16.0 Å². The van der Waals surface area contributed by atoms with Gasteiger partial charge in [-0.15, -0.1) is 0 Å². The number of hydrogen-bond acceptors (Lipinski definition) is 4. The number of benzene rings is 2. The average Bonchev–Trinajstić information content (AvgIpc) is 3.24. The van der Waals surface area contributed by atoms with E-state index in [9.17, 15) is 0 Å². The lowest BCUT2D eigenvalue weighted by Crippen LogP contribution is -2.29. The van der Waals surface area contributed by atoms with E-state index < -0.39 is 0 Å². The molecule has 0 unspecified atom stereocenters. The van der Waals surface area contributed by atoms with E-state index in [0.29, 0.717) is 11.6 Å². The van der Waals surface area contributed by atoms with Gasteiger partial charge in [0.25, 0.3) is 0 Å². The van der Waals surface area contributed by atoms with E-state index in [0.717, 1.165) is 41.0 Å². The molecule has 1 aromatic heterocycles. The van der Waals surface area contributed by atoms with Crippen molar-refractivity contribution in [2.45, 2.75) is 32.2 Å². The van der Waals surface area contributed by atoms with Crippen molar-refractivity contribution in [3.63, 3.8) is 0 Å². The van der Waals surface area contributed by atoms with E-state index >= 15 is 0 Å². The van der Waals surface area contributed by atoms with Gasteiger partial charge in [-0.3, -0.25) is 0 Å². The molecule has 3 aromatic rings. The highest BCUT2D eigenvalue weighted by Gasteiger charge is 2.19. The number of nitriles is 1. The Kier molecular flexibility index (Phi) is 5.36. The topological polar surface area (TPSA) is 90.7 Å². The van der Waals surface area contributed by atoms with E-state index in [1.807, 2.05) is 24.3 Å². The summed E-state index contributed by atoms with van der Waals surface area (Å²) < 4.78 is 0. The Hall–Kier alpha value is -2.68. The summed E-state index contributed by atoms with van der Waals surface area (Å²) in [6.45, 7) is 4.60. The van der Waals surface area contributed by atoms with Crippen LogP contribution in [0, 0.1) is 11.3 Å². The second-order valence-corrected chi connectivity index (χ2v) is 6.88. The van der Waals surface area contributed by atoms with Gasteiger partial charge in [-0.1, -0.05) is 18.2 Å². The monoisotopic (exact) mass is 347 g/mol. The van der Waals surface area contributed by atoms with Gasteiger partial charge >= 0.3 is 0 Å². The normalized spacial score (nSPS) is 17.2. The molecule has 0 spiro atoms. The van der Waals surface area contributed by atoms with Crippen molar-refractivity contribution in [2.24, 2.45) is 0 Å². The van der Waals surface area contributed by atoms with Crippen molar-refractivity contribution in [1.82, 2.24) is 21.0 Å². The van der Waals surface area contributed by atoms with Crippen molar-refractivity contribution in [1.29, 1.82) is 5.26 Å². The third-order valence-electron chi connectivity index (χ3n) is 5.20. The predicted molar refractivity (Wildman–Crippen MR) is 105 cm³/mol. The van der Waals surface area contributed by atoms with Crippen LogP contribution in [0.5, 0.6) is 0 Å². The molecule has 1 atom stereocenters. The average molecular weight is 347 g/mol. The molecule has 26 heavy (non-hydrogen) atoms. The Bertz CT molecular complexity index is 920. The van der Waals surface area contributed by atoms with Gasteiger partial charge in [0, 0.05) is 19.0 Å². The number of imidazole rings is 1.